The Bertz CT molecular complexity index is 648. The standard InChI is InChI=1S/C19H26N2O4.ClH/c22-14-9-15(20-10-14)18(23)21-11-19(6-2-1-3-7-19)13-4-5-16-17(8-13)25-12-24-16;/h4-5,8,14-15,20,22H,1-3,6-7,9-12H2,(H,21,23);1H/t14-,15+;/m0./s1. The van der Waals surface area contributed by atoms with Gasteiger partial charge in [-0.25, -0.2) is 0 Å². The summed E-state index contributed by atoms with van der Waals surface area (Å²) >= 11 is 0. The molecule has 2 heterocycles. The molecule has 1 amide bonds. The van der Waals surface area contributed by atoms with Crippen LogP contribution in [0.2, 0.25) is 0 Å². The van der Waals surface area contributed by atoms with Gasteiger partial charge in [-0.3, -0.25) is 4.79 Å². The monoisotopic (exact) mass is 382 g/mol. The first-order valence-electron chi connectivity index (χ1n) is 9.26. The van der Waals surface area contributed by atoms with Gasteiger partial charge < -0.3 is 25.2 Å². The van der Waals surface area contributed by atoms with E-state index in [0.717, 1.165) is 24.3 Å². The third kappa shape index (κ3) is 3.77. The number of carbonyl (C=O) groups is 1. The van der Waals surface area contributed by atoms with Crippen LogP contribution in [0.5, 0.6) is 11.5 Å². The van der Waals surface area contributed by atoms with E-state index in [1.165, 1.54) is 24.8 Å². The van der Waals surface area contributed by atoms with Crippen molar-refractivity contribution in [1.29, 1.82) is 0 Å². The SMILES string of the molecule is Cl.O=C(NCC1(c2ccc3c(c2)OCO3)CCCCC1)[C@H]1C[C@H](O)CN1. The van der Waals surface area contributed by atoms with E-state index >= 15 is 0 Å². The maximum Gasteiger partial charge on any atom is 0.237 e. The molecular weight excluding hydrogens is 356 g/mol. The molecule has 144 valence electrons. The average molecular weight is 383 g/mol. The van der Waals surface area contributed by atoms with E-state index < -0.39 is 6.10 Å². The number of carbonyl (C=O) groups excluding carboxylic acids is 1. The molecule has 0 radical (unpaired) electrons. The summed E-state index contributed by atoms with van der Waals surface area (Å²) in [7, 11) is 0. The number of hydrogen-bond acceptors (Lipinski definition) is 5. The normalized spacial score (nSPS) is 26.2. The molecule has 1 aromatic rings. The van der Waals surface area contributed by atoms with Gasteiger partial charge in [-0.2, -0.15) is 0 Å². The van der Waals surface area contributed by atoms with E-state index in [4.69, 9.17) is 9.47 Å². The van der Waals surface area contributed by atoms with Crippen molar-refractivity contribution < 1.29 is 19.4 Å². The molecule has 1 saturated carbocycles. The van der Waals surface area contributed by atoms with Gasteiger partial charge in [0.1, 0.15) is 0 Å². The lowest BCUT2D eigenvalue weighted by Gasteiger charge is -2.38. The fourth-order valence-corrected chi connectivity index (χ4v) is 4.32. The number of ether oxygens (including phenoxy) is 2. The second-order valence-electron chi connectivity index (χ2n) is 7.48. The van der Waals surface area contributed by atoms with E-state index in [2.05, 4.69) is 22.8 Å². The van der Waals surface area contributed by atoms with Gasteiger partial charge in [0.05, 0.1) is 12.1 Å². The highest BCUT2D eigenvalue weighted by atomic mass is 35.5. The van der Waals surface area contributed by atoms with Crippen molar-refractivity contribution in [3.05, 3.63) is 23.8 Å². The molecule has 0 bridgehead atoms. The van der Waals surface area contributed by atoms with E-state index in [1.54, 1.807) is 0 Å². The maximum absolute atomic E-state index is 12.5. The number of rotatable bonds is 4. The lowest BCUT2D eigenvalue weighted by molar-refractivity contribution is -0.123. The summed E-state index contributed by atoms with van der Waals surface area (Å²) in [6, 6.07) is 5.89. The molecule has 0 spiro atoms. The first-order valence-corrected chi connectivity index (χ1v) is 9.26. The van der Waals surface area contributed by atoms with Gasteiger partial charge in [0, 0.05) is 18.5 Å². The number of nitrogens with one attached hydrogen (secondary N) is 2. The van der Waals surface area contributed by atoms with Gasteiger partial charge in [0.2, 0.25) is 12.7 Å². The number of β-amino-alcohol motifs (C(OH)–C–C–N with tert-alkyl or cyclic N) is 1. The largest absolute Gasteiger partial charge is 0.454 e. The highest BCUT2D eigenvalue weighted by Gasteiger charge is 2.36. The van der Waals surface area contributed by atoms with Crippen molar-refractivity contribution in [3.63, 3.8) is 0 Å². The third-order valence-corrected chi connectivity index (χ3v) is 5.82. The topological polar surface area (TPSA) is 79.8 Å². The molecule has 4 rings (SSSR count). The van der Waals surface area contributed by atoms with Crippen LogP contribution in [-0.2, 0) is 10.2 Å². The highest BCUT2D eigenvalue weighted by Crippen LogP contribution is 2.43. The molecule has 1 saturated heterocycles. The third-order valence-electron chi connectivity index (χ3n) is 5.82. The smallest absolute Gasteiger partial charge is 0.237 e. The summed E-state index contributed by atoms with van der Waals surface area (Å²) in [6.45, 7) is 1.39. The summed E-state index contributed by atoms with van der Waals surface area (Å²) < 4.78 is 11.0. The van der Waals surface area contributed by atoms with Crippen LogP contribution >= 0.6 is 12.4 Å². The molecule has 3 aliphatic rings. The summed E-state index contributed by atoms with van der Waals surface area (Å²) in [5.41, 5.74) is 1.17. The van der Waals surface area contributed by atoms with Gasteiger partial charge in [-0.05, 0) is 37.0 Å². The predicted molar refractivity (Wildman–Crippen MR) is 100 cm³/mol. The van der Waals surface area contributed by atoms with Crippen molar-refractivity contribution >= 4 is 18.3 Å². The van der Waals surface area contributed by atoms with E-state index in [0.29, 0.717) is 19.5 Å². The number of fused-ring (bicyclic) bond motifs is 1. The first-order chi connectivity index (χ1) is 12.2. The van der Waals surface area contributed by atoms with Gasteiger partial charge in [0.15, 0.2) is 11.5 Å². The minimum absolute atomic E-state index is 0. The minimum atomic E-state index is -0.423. The van der Waals surface area contributed by atoms with Crippen molar-refractivity contribution in [1.82, 2.24) is 10.6 Å². The summed E-state index contributed by atoms with van der Waals surface area (Å²) in [5.74, 6) is 1.58. The minimum Gasteiger partial charge on any atom is -0.454 e. The summed E-state index contributed by atoms with van der Waals surface area (Å²) in [6.07, 6.45) is 5.78. The number of aliphatic hydroxyl groups excluding tert-OH is 1. The van der Waals surface area contributed by atoms with Gasteiger partial charge in [-0.1, -0.05) is 25.3 Å². The first kappa shape index (κ1) is 19.3. The Hall–Kier alpha value is -1.50. The molecule has 7 heteroatoms. The van der Waals surface area contributed by atoms with E-state index in [1.807, 2.05) is 6.07 Å². The predicted octanol–water partition coefficient (Wildman–Crippen LogP) is 1.88. The average Bonchev–Trinajstić information content (AvgIpc) is 3.28. The molecule has 2 aliphatic heterocycles. The van der Waals surface area contributed by atoms with Crippen molar-refractivity contribution in [3.8, 4) is 11.5 Å². The van der Waals surface area contributed by atoms with Crippen LogP contribution in [0.1, 0.15) is 44.1 Å². The quantitative estimate of drug-likeness (QED) is 0.741. The Labute approximate surface area is 160 Å². The lowest BCUT2D eigenvalue weighted by Crippen LogP contribution is -2.47. The molecule has 6 nitrogen and oxygen atoms in total. The zero-order chi connectivity index (χ0) is 17.3. The van der Waals surface area contributed by atoms with E-state index in [-0.39, 0.29) is 36.6 Å². The number of hydrogen-bond donors (Lipinski definition) is 3. The molecule has 0 aromatic heterocycles. The van der Waals surface area contributed by atoms with Gasteiger partial charge in [0.25, 0.3) is 0 Å². The highest BCUT2D eigenvalue weighted by molar-refractivity contribution is 5.85. The maximum atomic E-state index is 12.5. The molecule has 2 fully saturated rings. The van der Waals surface area contributed by atoms with E-state index in [9.17, 15) is 9.90 Å². The van der Waals surface area contributed by atoms with Crippen LogP contribution in [0.15, 0.2) is 18.2 Å². The Morgan fingerprint density at radius 1 is 1.23 bits per heavy atom. The van der Waals surface area contributed by atoms with Crippen LogP contribution in [0.3, 0.4) is 0 Å². The zero-order valence-corrected chi connectivity index (χ0v) is 15.6. The van der Waals surface area contributed by atoms with Crippen LogP contribution in [-0.4, -0.2) is 43.0 Å². The molecule has 2 atom stereocenters. The van der Waals surface area contributed by atoms with Crippen molar-refractivity contribution in [2.24, 2.45) is 0 Å². The molecule has 26 heavy (non-hydrogen) atoms. The number of benzene rings is 1. The van der Waals surface area contributed by atoms with Crippen LogP contribution in [0.4, 0.5) is 0 Å². The Balaban J connectivity index is 0.00000196. The zero-order valence-electron chi connectivity index (χ0n) is 14.8. The van der Waals surface area contributed by atoms with Gasteiger partial charge in [-0.15, -0.1) is 12.4 Å². The van der Waals surface area contributed by atoms with Crippen LogP contribution < -0.4 is 20.1 Å². The Kier molecular flexibility index (Phi) is 5.95. The summed E-state index contributed by atoms with van der Waals surface area (Å²) in [4.78, 5) is 12.5. The van der Waals surface area contributed by atoms with Crippen molar-refractivity contribution in [2.45, 2.75) is 56.1 Å². The Morgan fingerprint density at radius 3 is 2.73 bits per heavy atom. The number of halogens is 1. The van der Waals surface area contributed by atoms with Crippen LogP contribution in [0.25, 0.3) is 0 Å². The fraction of sp³-hybridized carbons (Fsp3) is 0.632. The Morgan fingerprint density at radius 2 is 2.00 bits per heavy atom. The summed E-state index contributed by atoms with van der Waals surface area (Å²) in [5, 5.41) is 15.8. The van der Waals surface area contributed by atoms with Crippen molar-refractivity contribution in [2.75, 3.05) is 19.9 Å². The molecule has 0 unspecified atom stereocenters. The molecular formula is C19H27ClN2O4. The second-order valence-corrected chi connectivity index (χ2v) is 7.48. The fourth-order valence-electron chi connectivity index (χ4n) is 4.32. The number of aliphatic hydroxyl groups is 1. The molecule has 1 aromatic carbocycles. The number of amides is 1. The van der Waals surface area contributed by atoms with Crippen LogP contribution in [0, 0.1) is 0 Å². The lowest BCUT2D eigenvalue weighted by atomic mass is 9.69. The van der Waals surface area contributed by atoms with Gasteiger partial charge >= 0.3 is 0 Å². The molecule has 1 aliphatic carbocycles. The second kappa shape index (κ2) is 8.03. The molecule has 3 N–H and O–H groups in total.